The van der Waals surface area contributed by atoms with Gasteiger partial charge in [-0.1, -0.05) is 6.07 Å². The van der Waals surface area contributed by atoms with Gasteiger partial charge in [-0.2, -0.15) is 0 Å². The third-order valence-corrected chi connectivity index (χ3v) is 6.83. The van der Waals surface area contributed by atoms with Crippen LogP contribution in [-0.4, -0.2) is 43.1 Å². The summed E-state index contributed by atoms with van der Waals surface area (Å²) in [5.74, 6) is -0.307. The molecular formula is C25H24N2O6S. The number of ketones is 1. The topological polar surface area (TPSA) is 98.2 Å². The van der Waals surface area contributed by atoms with E-state index in [1.165, 1.54) is 37.6 Å². The van der Waals surface area contributed by atoms with Crippen LogP contribution in [0.3, 0.4) is 0 Å². The molecule has 2 heterocycles. The zero-order chi connectivity index (χ0) is 24.6. The van der Waals surface area contributed by atoms with Crippen molar-refractivity contribution in [3.05, 3.63) is 69.7 Å². The number of nitrogens with zero attached hydrogens (tertiary/aromatic N) is 2. The first-order valence-corrected chi connectivity index (χ1v) is 11.2. The number of carbonyl (C=O) groups is 2. The number of carbonyl (C=O) groups excluding carboxylic acids is 2. The Labute approximate surface area is 201 Å². The lowest BCUT2D eigenvalue weighted by Crippen LogP contribution is -2.29. The van der Waals surface area contributed by atoms with Crippen molar-refractivity contribution in [1.29, 1.82) is 0 Å². The Bertz CT molecular complexity index is 1280. The molecule has 1 atom stereocenters. The van der Waals surface area contributed by atoms with Crippen LogP contribution in [0, 0.1) is 13.8 Å². The molecule has 3 aromatic rings. The van der Waals surface area contributed by atoms with Crippen LogP contribution >= 0.6 is 11.3 Å². The third-order valence-electron chi connectivity index (χ3n) is 5.75. The Morgan fingerprint density at radius 1 is 0.971 bits per heavy atom. The minimum absolute atomic E-state index is 0.0344. The standard InChI is InChI=1S/C25H24N2O6S/c1-13-14(2)34-25(26-13)27-21(16-8-11-18(32-4)19(12-16)33-5)20(23(29)24(27)30)22(28)15-6-9-17(31-3)10-7-15/h6-12,21,28H,1-5H3/b22-20-. The molecule has 0 bridgehead atoms. The van der Waals surface area contributed by atoms with Crippen molar-refractivity contribution in [2.45, 2.75) is 19.9 Å². The van der Waals surface area contributed by atoms with Gasteiger partial charge < -0.3 is 19.3 Å². The maximum Gasteiger partial charge on any atom is 0.301 e. The summed E-state index contributed by atoms with van der Waals surface area (Å²) in [7, 11) is 4.56. The molecule has 1 aliphatic heterocycles. The molecule has 1 amide bonds. The van der Waals surface area contributed by atoms with Crippen LogP contribution in [0.25, 0.3) is 5.76 Å². The summed E-state index contributed by atoms with van der Waals surface area (Å²) in [4.78, 5) is 33.3. The Morgan fingerprint density at radius 2 is 1.65 bits per heavy atom. The van der Waals surface area contributed by atoms with Crippen LogP contribution in [0.5, 0.6) is 17.2 Å². The number of Topliss-reactive ketones (excluding diaryl/α,β-unsaturated/α-hetero) is 1. The number of hydrogen-bond donors (Lipinski definition) is 1. The molecule has 176 valence electrons. The normalized spacial score (nSPS) is 17.2. The minimum atomic E-state index is -0.910. The monoisotopic (exact) mass is 480 g/mol. The number of aryl methyl sites for hydroxylation is 2. The molecule has 1 aromatic heterocycles. The molecule has 1 fully saturated rings. The Morgan fingerprint density at radius 3 is 2.21 bits per heavy atom. The summed E-state index contributed by atoms with van der Waals surface area (Å²) in [6, 6.07) is 10.8. The van der Waals surface area contributed by atoms with Crippen LogP contribution in [0.15, 0.2) is 48.0 Å². The average Bonchev–Trinajstić information content (AvgIpc) is 3.32. The van der Waals surface area contributed by atoms with Gasteiger partial charge in [-0.25, -0.2) is 4.98 Å². The minimum Gasteiger partial charge on any atom is -0.507 e. The third kappa shape index (κ3) is 3.88. The summed E-state index contributed by atoms with van der Waals surface area (Å²) in [6.07, 6.45) is 0. The van der Waals surface area contributed by atoms with Crippen LogP contribution in [0.4, 0.5) is 5.13 Å². The van der Waals surface area contributed by atoms with Gasteiger partial charge in [-0.3, -0.25) is 14.5 Å². The van der Waals surface area contributed by atoms with Gasteiger partial charge in [0.05, 0.1) is 38.6 Å². The van der Waals surface area contributed by atoms with Gasteiger partial charge in [-0.15, -0.1) is 11.3 Å². The molecule has 34 heavy (non-hydrogen) atoms. The lowest BCUT2D eigenvalue weighted by Gasteiger charge is -2.23. The highest BCUT2D eigenvalue weighted by Crippen LogP contribution is 2.45. The number of amides is 1. The predicted molar refractivity (Wildman–Crippen MR) is 129 cm³/mol. The molecule has 8 nitrogen and oxygen atoms in total. The largest absolute Gasteiger partial charge is 0.507 e. The van der Waals surface area contributed by atoms with E-state index in [9.17, 15) is 14.7 Å². The van der Waals surface area contributed by atoms with E-state index < -0.39 is 17.7 Å². The van der Waals surface area contributed by atoms with E-state index in [1.54, 1.807) is 42.5 Å². The summed E-state index contributed by atoms with van der Waals surface area (Å²) in [5.41, 5.74) is 1.68. The molecule has 0 aliphatic carbocycles. The highest BCUT2D eigenvalue weighted by atomic mass is 32.1. The second kappa shape index (κ2) is 9.18. The second-order valence-electron chi connectivity index (χ2n) is 7.65. The van der Waals surface area contributed by atoms with Gasteiger partial charge in [0.25, 0.3) is 5.78 Å². The number of anilines is 1. The first kappa shape index (κ1) is 23.3. The molecule has 0 saturated carbocycles. The Kier molecular flexibility index (Phi) is 6.30. The quantitative estimate of drug-likeness (QED) is 0.317. The fourth-order valence-corrected chi connectivity index (χ4v) is 4.77. The van der Waals surface area contributed by atoms with Gasteiger partial charge in [-0.05, 0) is 55.8 Å². The van der Waals surface area contributed by atoms with Crippen LogP contribution < -0.4 is 19.1 Å². The summed E-state index contributed by atoms with van der Waals surface area (Å²) < 4.78 is 16.0. The number of ether oxygens (including phenoxy) is 3. The second-order valence-corrected chi connectivity index (χ2v) is 8.83. The number of aliphatic hydroxyl groups is 1. The summed E-state index contributed by atoms with van der Waals surface area (Å²) >= 11 is 1.31. The van der Waals surface area contributed by atoms with E-state index in [1.807, 2.05) is 13.8 Å². The predicted octanol–water partition coefficient (Wildman–Crippen LogP) is 4.41. The van der Waals surface area contributed by atoms with Crippen molar-refractivity contribution in [3.63, 3.8) is 0 Å². The number of benzene rings is 2. The van der Waals surface area contributed by atoms with Crippen molar-refractivity contribution < 1.29 is 28.9 Å². The van der Waals surface area contributed by atoms with Gasteiger partial charge in [0.1, 0.15) is 11.5 Å². The summed E-state index contributed by atoms with van der Waals surface area (Å²) in [5, 5.41) is 11.6. The van der Waals surface area contributed by atoms with Crippen LogP contribution in [0.2, 0.25) is 0 Å². The molecule has 1 aliphatic rings. The lowest BCUT2D eigenvalue weighted by molar-refractivity contribution is -0.132. The van der Waals surface area contributed by atoms with Gasteiger partial charge in [0.2, 0.25) is 0 Å². The molecule has 1 N–H and O–H groups in total. The number of methoxy groups -OCH3 is 3. The molecular weight excluding hydrogens is 456 g/mol. The first-order valence-electron chi connectivity index (χ1n) is 10.4. The van der Waals surface area contributed by atoms with Crippen LogP contribution in [-0.2, 0) is 9.59 Å². The van der Waals surface area contributed by atoms with E-state index in [2.05, 4.69) is 4.98 Å². The lowest BCUT2D eigenvalue weighted by atomic mass is 9.95. The zero-order valence-corrected chi connectivity index (χ0v) is 20.2. The number of thiazole rings is 1. The van der Waals surface area contributed by atoms with Crippen molar-refractivity contribution in [3.8, 4) is 17.2 Å². The highest BCUT2D eigenvalue weighted by Gasteiger charge is 2.48. The average molecular weight is 481 g/mol. The van der Waals surface area contributed by atoms with E-state index in [0.29, 0.717) is 33.5 Å². The first-order chi connectivity index (χ1) is 16.3. The molecule has 0 radical (unpaired) electrons. The SMILES string of the molecule is COc1ccc(/C(O)=C2/C(=O)C(=O)N(c3nc(C)c(C)s3)C2c2ccc(OC)c(OC)c2)cc1. The van der Waals surface area contributed by atoms with E-state index in [4.69, 9.17) is 14.2 Å². The highest BCUT2D eigenvalue weighted by molar-refractivity contribution is 7.16. The Hall–Kier alpha value is -3.85. The van der Waals surface area contributed by atoms with Gasteiger partial charge in [0.15, 0.2) is 16.6 Å². The number of aromatic nitrogens is 1. The van der Waals surface area contributed by atoms with Gasteiger partial charge in [0, 0.05) is 10.4 Å². The van der Waals surface area contributed by atoms with Gasteiger partial charge >= 0.3 is 5.91 Å². The van der Waals surface area contributed by atoms with Crippen molar-refractivity contribution in [2.24, 2.45) is 0 Å². The smallest absolute Gasteiger partial charge is 0.301 e. The number of rotatable bonds is 6. The van der Waals surface area contributed by atoms with Crippen molar-refractivity contribution in [1.82, 2.24) is 4.98 Å². The molecule has 2 aromatic carbocycles. The zero-order valence-electron chi connectivity index (χ0n) is 19.4. The fraction of sp³-hybridized carbons (Fsp3) is 0.240. The number of aliphatic hydroxyl groups excluding tert-OH is 1. The maximum absolute atomic E-state index is 13.3. The molecule has 0 spiro atoms. The van der Waals surface area contributed by atoms with Crippen molar-refractivity contribution in [2.75, 3.05) is 26.2 Å². The molecule has 1 unspecified atom stereocenters. The van der Waals surface area contributed by atoms with E-state index >= 15 is 0 Å². The molecule has 4 rings (SSSR count). The molecule has 9 heteroatoms. The Balaban J connectivity index is 1.95. The van der Waals surface area contributed by atoms with Crippen LogP contribution in [0.1, 0.15) is 27.7 Å². The van der Waals surface area contributed by atoms with E-state index in [-0.39, 0.29) is 11.3 Å². The molecule has 1 saturated heterocycles. The number of hydrogen-bond acceptors (Lipinski definition) is 8. The fourth-order valence-electron chi connectivity index (χ4n) is 3.83. The maximum atomic E-state index is 13.3. The van der Waals surface area contributed by atoms with Crippen molar-refractivity contribution >= 4 is 33.9 Å². The summed E-state index contributed by atoms with van der Waals surface area (Å²) in [6.45, 7) is 3.74. The van der Waals surface area contributed by atoms with E-state index in [0.717, 1.165) is 10.6 Å².